The zero-order chi connectivity index (χ0) is 22.2. The predicted molar refractivity (Wildman–Crippen MR) is 108 cm³/mol. The van der Waals surface area contributed by atoms with E-state index in [1.54, 1.807) is 16.5 Å². The molecule has 0 saturated heterocycles. The maximum atomic E-state index is 12.7. The lowest BCUT2D eigenvalue weighted by molar-refractivity contribution is -0.324. The number of likely N-dealkylation sites (N-methyl/N-ethyl adjacent to an activating group) is 1. The normalized spacial score (nSPS) is 11.9. The van der Waals surface area contributed by atoms with Gasteiger partial charge in [0.25, 0.3) is 11.5 Å². The number of carbonyl (C=O) groups excluding carboxylic acids is 1. The van der Waals surface area contributed by atoms with Crippen LogP contribution in [0.1, 0.15) is 10.4 Å². The van der Waals surface area contributed by atoms with E-state index in [9.17, 15) is 22.8 Å². The van der Waals surface area contributed by atoms with Gasteiger partial charge in [0.15, 0.2) is 0 Å². The SMILES string of the molecule is CN(CCOC(F)(F)F)C(=O)c1ccc2[nH]c(=O)c3cnc(-c4ccccc4)n3c2c1. The van der Waals surface area contributed by atoms with Crippen molar-refractivity contribution in [2.24, 2.45) is 0 Å². The van der Waals surface area contributed by atoms with Crippen LogP contribution in [0.5, 0.6) is 0 Å². The summed E-state index contributed by atoms with van der Waals surface area (Å²) in [6, 6.07) is 13.9. The van der Waals surface area contributed by atoms with Crippen LogP contribution in [-0.2, 0) is 4.74 Å². The molecule has 4 aromatic rings. The van der Waals surface area contributed by atoms with Crippen LogP contribution >= 0.6 is 0 Å². The van der Waals surface area contributed by atoms with Gasteiger partial charge >= 0.3 is 6.36 Å². The summed E-state index contributed by atoms with van der Waals surface area (Å²) in [6.07, 6.45) is -3.30. The monoisotopic (exact) mass is 430 g/mol. The highest BCUT2D eigenvalue weighted by atomic mass is 19.4. The van der Waals surface area contributed by atoms with E-state index in [-0.39, 0.29) is 17.7 Å². The molecule has 0 aliphatic heterocycles. The van der Waals surface area contributed by atoms with Crippen molar-refractivity contribution in [3.63, 3.8) is 0 Å². The van der Waals surface area contributed by atoms with E-state index < -0.39 is 18.9 Å². The zero-order valence-corrected chi connectivity index (χ0v) is 16.3. The number of ether oxygens (including phenoxy) is 1. The molecule has 1 N–H and O–H groups in total. The fourth-order valence-electron chi connectivity index (χ4n) is 3.31. The lowest BCUT2D eigenvalue weighted by atomic mass is 10.1. The highest BCUT2D eigenvalue weighted by molar-refractivity contribution is 5.97. The van der Waals surface area contributed by atoms with Crippen molar-refractivity contribution >= 4 is 22.5 Å². The van der Waals surface area contributed by atoms with Crippen LogP contribution in [0.4, 0.5) is 13.2 Å². The Hall–Kier alpha value is -3.66. The molecule has 0 spiro atoms. The first kappa shape index (κ1) is 20.6. The third-order valence-corrected chi connectivity index (χ3v) is 4.80. The van der Waals surface area contributed by atoms with E-state index >= 15 is 0 Å². The number of aromatic nitrogens is 3. The van der Waals surface area contributed by atoms with E-state index in [0.717, 1.165) is 10.5 Å². The number of carbonyl (C=O) groups is 1. The molecule has 7 nitrogen and oxygen atoms in total. The Bertz CT molecular complexity index is 1310. The summed E-state index contributed by atoms with van der Waals surface area (Å²) in [6.45, 7) is -0.908. The number of hydrogen-bond donors (Lipinski definition) is 1. The molecule has 160 valence electrons. The van der Waals surface area contributed by atoms with E-state index in [0.29, 0.717) is 22.4 Å². The lowest BCUT2D eigenvalue weighted by Crippen LogP contribution is -2.31. The fourth-order valence-corrected chi connectivity index (χ4v) is 3.31. The fraction of sp³-hybridized carbons (Fsp3) is 0.190. The lowest BCUT2D eigenvalue weighted by Gasteiger charge is -2.18. The van der Waals surface area contributed by atoms with Crippen molar-refractivity contribution < 1.29 is 22.7 Å². The second-order valence-electron chi connectivity index (χ2n) is 6.88. The van der Waals surface area contributed by atoms with E-state index in [2.05, 4.69) is 14.7 Å². The van der Waals surface area contributed by atoms with Gasteiger partial charge in [0.1, 0.15) is 11.3 Å². The van der Waals surface area contributed by atoms with Crippen LogP contribution in [0.2, 0.25) is 0 Å². The number of hydrogen-bond acceptors (Lipinski definition) is 4. The Morgan fingerprint density at radius 3 is 2.61 bits per heavy atom. The second kappa shape index (κ2) is 7.88. The molecule has 1 amide bonds. The summed E-state index contributed by atoms with van der Waals surface area (Å²) in [5.74, 6) is 0.0524. The Labute approximate surface area is 173 Å². The van der Waals surface area contributed by atoms with Gasteiger partial charge in [-0.2, -0.15) is 0 Å². The molecule has 0 aliphatic carbocycles. The summed E-state index contributed by atoms with van der Waals surface area (Å²) in [7, 11) is 1.39. The number of benzene rings is 2. The van der Waals surface area contributed by atoms with Crippen LogP contribution < -0.4 is 5.56 Å². The number of rotatable bonds is 5. The summed E-state index contributed by atoms with van der Waals surface area (Å²) in [5, 5.41) is 0. The molecular formula is C21H17F3N4O3. The molecule has 2 aromatic carbocycles. The molecule has 0 saturated carbocycles. The summed E-state index contributed by atoms with van der Waals surface area (Å²) in [5.41, 5.74) is 2.05. The number of nitrogens with zero attached hydrogens (tertiary/aromatic N) is 3. The van der Waals surface area contributed by atoms with Crippen LogP contribution in [-0.4, -0.2) is 51.7 Å². The second-order valence-corrected chi connectivity index (χ2v) is 6.88. The van der Waals surface area contributed by atoms with E-state index in [4.69, 9.17) is 0 Å². The van der Waals surface area contributed by atoms with Gasteiger partial charge in [0, 0.05) is 24.7 Å². The highest BCUT2D eigenvalue weighted by Gasteiger charge is 2.29. The van der Waals surface area contributed by atoms with Crippen LogP contribution in [0, 0.1) is 0 Å². The summed E-state index contributed by atoms with van der Waals surface area (Å²) in [4.78, 5) is 33.5. The Kier molecular flexibility index (Phi) is 5.24. The minimum Gasteiger partial charge on any atom is -0.339 e. The quantitative estimate of drug-likeness (QED) is 0.526. The maximum Gasteiger partial charge on any atom is 0.522 e. The van der Waals surface area contributed by atoms with Crippen LogP contribution in [0.3, 0.4) is 0 Å². The average molecular weight is 430 g/mol. The van der Waals surface area contributed by atoms with Gasteiger partial charge in [0.05, 0.1) is 23.8 Å². The van der Waals surface area contributed by atoms with Crippen LogP contribution in [0.15, 0.2) is 59.5 Å². The van der Waals surface area contributed by atoms with Gasteiger partial charge in [-0.3, -0.25) is 18.7 Å². The molecule has 2 heterocycles. The third-order valence-electron chi connectivity index (χ3n) is 4.80. The number of imidazole rings is 1. The van der Waals surface area contributed by atoms with Crippen molar-refractivity contribution in [2.75, 3.05) is 20.2 Å². The molecule has 0 unspecified atom stereocenters. The topological polar surface area (TPSA) is 79.7 Å². The number of amides is 1. The summed E-state index contributed by atoms with van der Waals surface area (Å²) < 4.78 is 41.9. The number of alkyl halides is 3. The standard InChI is InChI=1S/C21H17F3N4O3/c1-27(9-10-31-21(22,23)24)20(30)14-7-8-15-16(11-14)28-17(19(29)26-15)12-25-18(28)13-5-3-2-4-6-13/h2-8,11-12H,9-10H2,1H3,(H,26,29). The van der Waals surface area contributed by atoms with Crippen molar-refractivity contribution in [2.45, 2.75) is 6.36 Å². The first-order valence-corrected chi connectivity index (χ1v) is 9.30. The third kappa shape index (κ3) is 4.15. The first-order chi connectivity index (χ1) is 14.7. The molecule has 0 fully saturated rings. The minimum atomic E-state index is -4.75. The largest absolute Gasteiger partial charge is 0.522 e. The molecule has 4 rings (SSSR count). The van der Waals surface area contributed by atoms with Crippen molar-refractivity contribution in [3.05, 3.63) is 70.6 Å². The summed E-state index contributed by atoms with van der Waals surface area (Å²) >= 11 is 0. The molecule has 2 aromatic heterocycles. The predicted octanol–water partition coefficient (Wildman–Crippen LogP) is 3.45. The van der Waals surface area contributed by atoms with Gasteiger partial charge in [-0.1, -0.05) is 30.3 Å². The van der Waals surface area contributed by atoms with Crippen LogP contribution in [0.25, 0.3) is 27.9 Å². The number of H-pyrrole nitrogens is 1. The van der Waals surface area contributed by atoms with Gasteiger partial charge in [-0.25, -0.2) is 4.98 Å². The Morgan fingerprint density at radius 2 is 1.90 bits per heavy atom. The number of aromatic amines is 1. The maximum absolute atomic E-state index is 12.7. The van der Waals surface area contributed by atoms with Crippen molar-refractivity contribution in [1.29, 1.82) is 0 Å². The molecule has 0 atom stereocenters. The Balaban J connectivity index is 1.75. The molecule has 31 heavy (non-hydrogen) atoms. The minimum absolute atomic E-state index is 0.238. The van der Waals surface area contributed by atoms with Crippen molar-refractivity contribution in [3.8, 4) is 11.4 Å². The molecule has 0 bridgehead atoms. The average Bonchev–Trinajstić information content (AvgIpc) is 3.19. The number of halogens is 3. The molecule has 10 heteroatoms. The molecular weight excluding hydrogens is 413 g/mol. The smallest absolute Gasteiger partial charge is 0.339 e. The molecule has 0 aliphatic rings. The highest BCUT2D eigenvalue weighted by Crippen LogP contribution is 2.23. The first-order valence-electron chi connectivity index (χ1n) is 9.30. The zero-order valence-electron chi connectivity index (χ0n) is 16.3. The Morgan fingerprint density at radius 1 is 1.16 bits per heavy atom. The van der Waals surface area contributed by atoms with Gasteiger partial charge < -0.3 is 9.88 Å². The van der Waals surface area contributed by atoms with E-state index in [1.165, 1.54) is 19.3 Å². The van der Waals surface area contributed by atoms with E-state index in [1.807, 2.05) is 30.3 Å². The van der Waals surface area contributed by atoms with Gasteiger partial charge in [0.2, 0.25) is 0 Å². The number of nitrogens with one attached hydrogen (secondary N) is 1. The van der Waals surface area contributed by atoms with Gasteiger partial charge in [-0.05, 0) is 18.2 Å². The number of fused-ring (bicyclic) bond motifs is 3. The van der Waals surface area contributed by atoms with Gasteiger partial charge in [-0.15, -0.1) is 13.2 Å². The molecule has 0 radical (unpaired) electrons. The van der Waals surface area contributed by atoms with Crippen molar-refractivity contribution in [1.82, 2.24) is 19.3 Å².